The first-order chi connectivity index (χ1) is 11.8. The molecule has 154 valence electrons. The molecule has 1 rings (SSSR count). The molecular formula is C19H38O6Si. The van der Waals surface area contributed by atoms with Crippen LogP contribution in [-0.4, -0.2) is 64.1 Å². The topological polar surface area (TPSA) is 66.4 Å². The normalized spacial score (nSPS) is 34.5. The molecule has 1 aliphatic rings. The molecule has 1 aliphatic heterocycles. The summed E-state index contributed by atoms with van der Waals surface area (Å²) in [7, 11) is 1.10. The van der Waals surface area contributed by atoms with Gasteiger partial charge in [0.25, 0.3) is 0 Å². The molecule has 0 radical (unpaired) electrons. The van der Waals surface area contributed by atoms with E-state index in [0.717, 1.165) is 0 Å². The third-order valence-electron chi connectivity index (χ3n) is 5.91. The lowest BCUT2D eigenvalue weighted by atomic mass is 9.99. The van der Waals surface area contributed by atoms with E-state index in [0.29, 0.717) is 13.0 Å². The van der Waals surface area contributed by atoms with Gasteiger partial charge in [0.05, 0.1) is 12.7 Å². The van der Waals surface area contributed by atoms with Gasteiger partial charge in [-0.05, 0) is 38.4 Å². The van der Waals surface area contributed by atoms with E-state index >= 15 is 0 Å². The van der Waals surface area contributed by atoms with Crippen LogP contribution in [0.1, 0.15) is 41.0 Å². The molecule has 0 unspecified atom stereocenters. The maximum Gasteiger partial charge on any atom is 0.220 e. The summed E-state index contributed by atoms with van der Waals surface area (Å²) in [5.74, 6) is -2.30. The number of ether oxygens (including phenoxy) is 4. The molecule has 1 saturated heterocycles. The maximum absolute atomic E-state index is 10.6. The van der Waals surface area contributed by atoms with Crippen LogP contribution in [0, 0.1) is 0 Å². The maximum atomic E-state index is 10.6. The fraction of sp³-hybridized carbons (Fsp3) is 0.895. The van der Waals surface area contributed by atoms with E-state index in [1.54, 1.807) is 27.0 Å². The number of rotatable bonds is 8. The van der Waals surface area contributed by atoms with E-state index in [1.807, 2.05) is 0 Å². The molecule has 5 atom stereocenters. The van der Waals surface area contributed by atoms with Gasteiger partial charge in [0.2, 0.25) is 11.6 Å². The van der Waals surface area contributed by atoms with E-state index in [2.05, 4.69) is 40.4 Å². The third kappa shape index (κ3) is 4.76. The van der Waals surface area contributed by atoms with E-state index in [1.165, 1.54) is 7.11 Å². The van der Waals surface area contributed by atoms with Crippen LogP contribution >= 0.6 is 0 Å². The summed E-state index contributed by atoms with van der Waals surface area (Å²) in [6.07, 6.45) is 0.150. The van der Waals surface area contributed by atoms with E-state index in [4.69, 9.17) is 23.4 Å². The van der Waals surface area contributed by atoms with Gasteiger partial charge in [-0.3, -0.25) is 0 Å². The fourth-order valence-corrected chi connectivity index (χ4v) is 3.65. The molecule has 1 fully saturated rings. The minimum atomic E-state index is -1.98. The van der Waals surface area contributed by atoms with Crippen molar-refractivity contribution in [2.24, 2.45) is 0 Å². The molecule has 0 aliphatic carbocycles. The Hall–Kier alpha value is -0.283. The molecule has 1 heterocycles. The minimum Gasteiger partial charge on any atom is -0.414 e. The Labute approximate surface area is 159 Å². The average Bonchev–Trinajstić information content (AvgIpc) is 2.54. The highest BCUT2D eigenvalue weighted by molar-refractivity contribution is 6.74. The van der Waals surface area contributed by atoms with Crippen molar-refractivity contribution in [3.63, 3.8) is 0 Å². The predicted octanol–water partition coefficient (Wildman–Crippen LogP) is 3.45. The van der Waals surface area contributed by atoms with Crippen LogP contribution in [0.5, 0.6) is 0 Å². The smallest absolute Gasteiger partial charge is 0.220 e. The second kappa shape index (κ2) is 8.39. The van der Waals surface area contributed by atoms with Crippen LogP contribution in [0.4, 0.5) is 0 Å². The van der Waals surface area contributed by atoms with Crippen molar-refractivity contribution < 1.29 is 28.5 Å². The lowest BCUT2D eigenvalue weighted by Gasteiger charge is -2.53. The molecular weight excluding hydrogens is 352 g/mol. The lowest BCUT2D eigenvalue weighted by Crippen LogP contribution is -2.68. The van der Waals surface area contributed by atoms with Crippen molar-refractivity contribution in [1.82, 2.24) is 0 Å². The highest BCUT2D eigenvalue weighted by atomic mass is 28.4. The standard InChI is InChI=1S/C19H38O6Si/c1-11-12-14(20)16-15(13-23-26(9,10)17(2,3)4)24-18(5,21-7)19(6,22-8)25-16/h11,14-16,20H,1,12-13H2,2-10H3/t14-,15-,16+,18-,19-/m1/s1. The highest BCUT2D eigenvalue weighted by Gasteiger charge is 2.58. The monoisotopic (exact) mass is 390 g/mol. The zero-order valence-electron chi connectivity index (χ0n) is 17.9. The fourth-order valence-electron chi connectivity index (χ4n) is 2.64. The van der Waals surface area contributed by atoms with Crippen LogP contribution in [0.15, 0.2) is 12.7 Å². The van der Waals surface area contributed by atoms with Crippen molar-refractivity contribution in [2.75, 3.05) is 20.8 Å². The zero-order valence-corrected chi connectivity index (χ0v) is 18.9. The van der Waals surface area contributed by atoms with Crippen molar-refractivity contribution in [2.45, 2.75) is 89.1 Å². The Balaban J connectivity index is 3.09. The van der Waals surface area contributed by atoms with Crippen molar-refractivity contribution in [1.29, 1.82) is 0 Å². The molecule has 0 aromatic rings. The predicted molar refractivity (Wildman–Crippen MR) is 105 cm³/mol. The third-order valence-corrected chi connectivity index (χ3v) is 10.4. The molecule has 0 saturated carbocycles. The lowest BCUT2D eigenvalue weighted by molar-refractivity contribution is -0.455. The first-order valence-electron chi connectivity index (χ1n) is 9.16. The van der Waals surface area contributed by atoms with Crippen LogP contribution < -0.4 is 0 Å². The Morgan fingerprint density at radius 3 is 2.08 bits per heavy atom. The molecule has 0 bridgehead atoms. The van der Waals surface area contributed by atoms with Gasteiger partial charge in [0.1, 0.15) is 12.2 Å². The summed E-state index contributed by atoms with van der Waals surface area (Å²) in [5, 5.41) is 10.7. The van der Waals surface area contributed by atoms with Crippen LogP contribution in [0.25, 0.3) is 0 Å². The van der Waals surface area contributed by atoms with Gasteiger partial charge in [0, 0.05) is 14.2 Å². The zero-order chi connectivity index (χ0) is 20.4. The molecule has 7 heteroatoms. The van der Waals surface area contributed by atoms with Gasteiger partial charge in [-0.1, -0.05) is 26.8 Å². The summed E-state index contributed by atoms with van der Waals surface area (Å²) < 4.78 is 29.9. The number of hydrogen-bond donors (Lipinski definition) is 1. The summed E-state index contributed by atoms with van der Waals surface area (Å²) >= 11 is 0. The quantitative estimate of drug-likeness (QED) is 0.506. The summed E-state index contributed by atoms with van der Waals surface area (Å²) in [5.41, 5.74) is 0. The van der Waals surface area contributed by atoms with E-state index in [9.17, 15) is 5.11 Å². The van der Waals surface area contributed by atoms with Crippen LogP contribution in [0.2, 0.25) is 18.1 Å². The molecule has 0 amide bonds. The second-order valence-electron chi connectivity index (χ2n) is 8.70. The van der Waals surface area contributed by atoms with Gasteiger partial charge in [-0.2, -0.15) is 0 Å². The molecule has 0 aromatic heterocycles. The second-order valence-corrected chi connectivity index (χ2v) is 13.5. The van der Waals surface area contributed by atoms with Gasteiger partial charge in [-0.25, -0.2) is 0 Å². The van der Waals surface area contributed by atoms with Crippen molar-refractivity contribution in [3.05, 3.63) is 12.7 Å². The number of hydrogen-bond acceptors (Lipinski definition) is 6. The number of aliphatic hydroxyl groups is 1. The Kier molecular flexibility index (Phi) is 7.66. The SMILES string of the molecule is C=CC[C@@H](O)[C@@H]1O[C@@](C)(OC)[C@](C)(OC)O[C@@H]1CO[Si](C)(C)C(C)(C)C. The molecule has 26 heavy (non-hydrogen) atoms. The first kappa shape index (κ1) is 23.8. The molecule has 0 aromatic carbocycles. The van der Waals surface area contributed by atoms with Crippen LogP contribution in [-0.2, 0) is 23.4 Å². The Morgan fingerprint density at radius 2 is 1.65 bits per heavy atom. The number of methoxy groups -OCH3 is 2. The van der Waals surface area contributed by atoms with Crippen molar-refractivity contribution >= 4 is 8.32 Å². The summed E-state index contributed by atoms with van der Waals surface area (Å²) in [4.78, 5) is 0. The number of aliphatic hydroxyl groups excluding tert-OH is 1. The summed E-state index contributed by atoms with van der Waals surface area (Å²) in [6.45, 7) is 18.4. The summed E-state index contributed by atoms with van der Waals surface area (Å²) in [6, 6.07) is 0. The molecule has 6 nitrogen and oxygen atoms in total. The first-order valence-corrected chi connectivity index (χ1v) is 12.1. The van der Waals surface area contributed by atoms with Crippen molar-refractivity contribution in [3.8, 4) is 0 Å². The Bertz CT molecular complexity index is 477. The van der Waals surface area contributed by atoms with Gasteiger partial charge in [0.15, 0.2) is 8.32 Å². The van der Waals surface area contributed by atoms with Crippen LogP contribution in [0.3, 0.4) is 0 Å². The largest absolute Gasteiger partial charge is 0.414 e. The Morgan fingerprint density at radius 1 is 1.15 bits per heavy atom. The van der Waals surface area contributed by atoms with E-state index in [-0.39, 0.29) is 5.04 Å². The average molecular weight is 391 g/mol. The molecule has 1 N–H and O–H groups in total. The minimum absolute atomic E-state index is 0.0728. The highest BCUT2D eigenvalue weighted by Crippen LogP contribution is 2.42. The van der Waals surface area contributed by atoms with E-state index < -0.39 is 38.2 Å². The van der Waals surface area contributed by atoms with Gasteiger partial charge >= 0.3 is 0 Å². The van der Waals surface area contributed by atoms with Gasteiger partial charge < -0.3 is 28.5 Å². The van der Waals surface area contributed by atoms with Gasteiger partial charge in [-0.15, -0.1) is 6.58 Å². The molecule has 0 spiro atoms.